The normalized spacial score (nSPS) is 19.0. The molecule has 1 fully saturated rings. The molecule has 1 saturated heterocycles. The van der Waals surface area contributed by atoms with E-state index in [1.807, 2.05) is 19.9 Å². The molecule has 36 heavy (non-hydrogen) atoms. The molecule has 186 valence electrons. The van der Waals surface area contributed by atoms with Gasteiger partial charge < -0.3 is 14.2 Å². The number of benzene rings is 1. The molecule has 1 aromatic carbocycles. The number of nitrogens with one attached hydrogen (secondary N) is 1. The second-order valence-corrected chi connectivity index (χ2v) is 9.91. The summed E-state index contributed by atoms with van der Waals surface area (Å²) >= 11 is 1.17. The van der Waals surface area contributed by atoms with Crippen LogP contribution in [0.2, 0.25) is 0 Å². The van der Waals surface area contributed by atoms with E-state index in [4.69, 9.17) is 10.1 Å². The van der Waals surface area contributed by atoms with E-state index in [2.05, 4.69) is 45.9 Å². The number of carbonyl (C=O) groups is 2. The Balaban J connectivity index is 1.38. The van der Waals surface area contributed by atoms with Crippen molar-refractivity contribution < 1.29 is 14.3 Å². The molecule has 0 saturated carbocycles. The third-order valence-corrected chi connectivity index (χ3v) is 7.44. The molecule has 2 amide bonds. The smallest absolute Gasteiger partial charge is 0.283 e. The minimum atomic E-state index is -0.480. The Morgan fingerprint density at radius 1 is 1.19 bits per heavy atom. The Morgan fingerprint density at radius 3 is 2.61 bits per heavy atom. The van der Waals surface area contributed by atoms with Crippen molar-refractivity contribution in [2.24, 2.45) is 10.1 Å². The van der Waals surface area contributed by atoms with Gasteiger partial charge in [0.05, 0.1) is 25.2 Å². The van der Waals surface area contributed by atoms with E-state index in [0.29, 0.717) is 36.5 Å². The Labute approximate surface area is 214 Å². The molecular weight excluding hydrogens is 476 g/mol. The van der Waals surface area contributed by atoms with Gasteiger partial charge in [-0.1, -0.05) is 19.1 Å². The maximum Gasteiger partial charge on any atom is 0.283 e. The molecule has 10 heteroatoms. The topological polar surface area (TPSA) is 103 Å². The molecule has 3 aliphatic heterocycles. The van der Waals surface area contributed by atoms with Crippen molar-refractivity contribution in [3.05, 3.63) is 58.4 Å². The molecule has 1 N–H and O–H groups in total. The summed E-state index contributed by atoms with van der Waals surface area (Å²) in [5.41, 5.74) is 5.33. The van der Waals surface area contributed by atoms with E-state index >= 15 is 0 Å². The molecule has 0 unspecified atom stereocenters. The zero-order valence-electron chi connectivity index (χ0n) is 20.6. The maximum atomic E-state index is 12.9. The summed E-state index contributed by atoms with van der Waals surface area (Å²) in [4.78, 5) is 31.4. The van der Waals surface area contributed by atoms with E-state index in [0.717, 1.165) is 29.1 Å². The molecule has 1 aromatic heterocycles. The first-order valence-electron chi connectivity index (χ1n) is 12.0. The van der Waals surface area contributed by atoms with E-state index in [9.17, 15) is 9.59 Å². The number of hydrazone groups is 1. The molecule has 4 heterocycles. The van der Waals surface area contributed by atoms with Crippen molar-refractivity contribution in [3.63, 3.8) is 0 Å². The van der Waals surface area contributed by atoms with Gasteiger partial charge in [-0.2, -0.15) is 15.1 Å². The summed E-state index contributed by atoms with van der Waals surface area (Å²) in [6.07, 6.45) is 2.80. The van der Waals surface area contributed by atoms with E-state index in [1.165, 1.54) is 22.3 Å². The lowest BCUT2D eigenvalue weighted by atomic mass is 10.1. The van der Waals surface area contributed by atoms with E-state index in [-0.39, 0.29) is 23.7 Å². The first kappa shape index (κ1) is 24.2. The lowest BCUT2D eigenvalue weighted by molar-refractivity contribution is -0.133. The van der Waals surface area contributed by atoms with Crippen molar-refractivity contribution in [2.45, 2.75) is 33.6 Å². The molecule has 0 aliphatic carbocycles. The number of amidine groups is 2. The van der Waals surface area contributed by atoms with Gasteiger partial charge >= 0.3 is 0 Å². The Kier molecular flexibility index (Phi) is 6.63. The Morgan fingerprint density at radius 2 is 1.92 bits per heavy atom. The van der Waals surface area contributed by atoms with Crippen LogP contribution in [0.4, 0.5) is 0 Å². The number of amides is 2. The fourth-order valence-electron chi connectivity index (χ4n) is 4.52. The van der Waals surface area contributed by atoms with Gasteiger partial charge in [-0.15, -0.1) is 0 Å². The largest absolute Gasteiger partial charge is 0.378 e. The van der Waals surface area contributed by atoms with Crippen molar-refractivity contribution in [1.82, 2.24) is 14.5 Å². The average Bonchev–Trinajstić information content (AvgIpc) is 3.41. The third kappa shape index (κ3) is 4.54. The number of rotatable bonds is 5. The summed E-state index contributed by atoms with van der Waals surface area (Å²) < 4.78 is 7.44. The van der Waals surface area contributed by atoms with Crippen molar-refractivity contribution in [1.29, 1.82) is 5.41 Å². The van der Waals surface area contributed by atoms with Crippen LogP contribution in [-0.4, -0.2) is 68.6 Å². The van der Waals surface area contributed by atoms with Gasteiger partial charge in [-0.25, -0.2) is 0 Å². The second kappa shape index (κ2) is 9.87. The average molecular weight is 505 g/mol. The fraction of sp³-hybridized carbons (Fsp3) is 0.346. The van der Waals surface area contributed by atoms with Crippen LogP contribution < -0.4 is 0 Å². The SMILES string of the molecule is CCc1ccc(-n2c(C)cc(/C=C3\C(=N)N4N=C(CC(=O)N5CCOCC5)SC4=NC3=O)c2C)cc1. The second-order valence-electron chi connectivity index (χ2n) is 8.87. The van der Waals surface area contributed by atoms with E-state index in [1.54, 1.807) is 11.0 Å². The van der Waals surface area contributed by atoms with Gasteiger partial charge in [0, 0.05) is 30.2 Å². The first-order valence-corrected chi connectivity index (χ1v) is 12.8. The quantitative estimate of drug-likeness (QED) is 0.628. The lowest BCUT2D eigenvalue weighted by Gasteiger charge is -2.26. The number of morpholine rings is 1. The van der Waals surface area contributed by atoms with Crippen molar-refractivity contribution in [3.8, 4) is 5.69 Å². The Bertz CT molecular complexity index is 1330. The number of ether oxygens (including phenoxy) is 1. The zero-order valence-corrected chi connectivity index (χ0v) is 21.4. The standard InChI is InChI=1S/C26H28N6O3S/c1-4-18-5-7-20(8-6-18)31-16(2)13-19(17(31)3)14-21-24(27)32-26(28-25(21)34)36-22(29-32)15-23(33)30-9-11-35-12-10-30/h5-8,13-14,27H,4,9-12,15H2,1-3H3/b21-14+,27-24?. The number of aliphatic imine (C=N–C) groups is 1. The number of hydrogen-bond donors (Lipinski definition) is 1. The Hall–Kier alpha value is -3.50. The van der Waals surface area contributed by atoms with Gasteiger partial charge in [0.1, 0.15) is 5.04 Å². The predicted octanol–water partition coefficient (Wildman–Crippen LogP) is 3.52. The highest BCUT2D eigenvalue weighted by Gasteiger charge is 2.36. The number of aryl methyl sites for hydroxylation is 2. The molecule has 5 rings (SSSR count). The summed E-state index contributed by atoms with van der Waals surface area (Å²) in [5, 5.41) is 15.3. The van der Waals surface area contributed by atoms with Crippen LogP contribution >= 0.6 is 11.8 Å². The highest BCUT2D eigenvalue weighted by molar-refractivity contribution is 8.27. The van der Waals surface area contributed by atoms with Gasteiger partial charge in [0.15, 0.2) is 5.84 Å². The number of aromatic nitrogens is 1. The number of carbonyl (C=O) groups excluding carboxylic acids is 2. The van der Waals surface area contributed by atoms with Crippen LogP contribution in [0.1, 0.15) is 35.9 Å². The lowest BCUT2D eigenvalue weighted by Crippen LogP contribution is -2.41. The molecule has 9 nitrogen and oxygen atoms in total. The van der Waals surface area contributed by atoms with Crippen LogP contribution in [0.3, 0.4) is 0 Å². The van der Waals surface area contributed by atoms with Gasteiger partial charge in [0.25, 0.3) is 5.91 Å². The van der Waals surface area contributed by atoms with Crippen LogP contribution in [0.5, 0.6) is 0 Å². The summed E-state index contributed by atoms with van der Waals surface area (Å²) in [5.74, 6) is -0.562. The summed E-state index contributed by atoms with van der Waals surface area (Å²) in [6.45, 7) is 8.32. The first-order chi connectivity index (χ1) is 17.4. The minimum absolute atomic E-state index is 0.0385. The van der Waals surface area contributed by atoms with Crippen LogP contribution in [0.15, 0.2) is 46.0 Å². The number of hydrogen-bond acceptors (Lipinski definition) is 6. The van der Waals surface area contributed by atoms with Crippen molar-refractivity contribution in [2.75, 3.05) is 26.3 Å². The predicted molar refractivity (Wildman–Crippen MR) is 142 cm³/mol. The monoisotopic (exact) mass is 504 g/mol. The highest BCUT2D eigenvalue weighted by atomic mass is 32.2. The number of nitrogens with zero attached hydrogens (tertiary/aromatic N) is 5. The highest BCUT2D eigenvalue weighted by Crippen LogP contribution is 2.31. The van der Waals surface area contributed by atoms with E-state index < -0.39 is 5.91 Å². The molecule has 0 atom stereocenters. The van der Waals surface area contributed by atoms with Gasteiger partial charge in [-0.3, -0.25) is 15.0 Å². The van der Waals surface area contributed by atoms with Crippen molar-refractivity contribution >= 4 is 45.7 Å². The minimum Gasteiger partial charge on any atom is -0.378 e. The zero-order chi connectivity index (χ0) is 25.4. The van der Waals surface area contributed by atoms with Crippen LogP contribution in [0, 0.1) is 19.3 Å². The third-order valence-electron chi connectivity index (χ3n) is 6.54. The maximum absolute atomic E-state index is 12.9. The van der Waals surface area contributed by atoms with Gasteiger partial charge in [-0.05, 0) is 67.4 Å². The molecule has 0 radical (unpaired) electrons. The molecule has 0 spiro atoms. The van der Waals surface area contributed by atoms with Gasteiger partial charge in [0.2, 0.25) is 11.1 Å². The van der Waals surface area contributed by atoms with Crippen LogP contribution in [0.25, 0.3) is 11.8 Å². The molecule has 3 aliphatic rings. The summed E-state index contributed by atoms with van der Waals surface area (Å²) in [6, 6.07) is 10.4. The van der Waals surface area contributed by atoms with Crippen LogP contribution in [-0.2, 0) is 20.7 Å². The number of thioether (sulfide) groups is 1. The molecular formula is C26H28N6O3S. The molecule has 0 bridgehead atoms. The number of fused-ring (bicyclic) bond motifs is 1. The fourth-order valence-corrected chi connectivity index (χ4v) is 5.40. The summed E-state index contributed by atoms with van der Waals surface area (Å²) in [7, 11) is 0. The molecule has 2 aromatic rings.